The molecule has 1 heterocycles. The molecule has 0 spiro atoms. The van der Waals surface area contributed by atoms with E-state index in [1.54, 1.807) is 0 Å². The number of rotatable bonds is 5. The van der Waals surface area contributed by atoms with Crippen LogP contribution in [0, 0.1) is 17.1 Å². The number of aliphatic hydroxyl groups is 1. The maximum atomic E-state index is 13.4. The minimum Gasteiger partial charge on any atom is -0.393 e. The predicted octanol–water partition coefficient (Wildman–Crippen LogP) is 3.83. The highest BCUT2D eigenvalue weighted by Gasteiger charge is 2.33. The Kier molecular flexibility index (Phi) is 6.17. The number of aromatic nitrogens is 2. The van der Waals surface area contributed by atoms with Gasteiger partial charge in [-0.1, -0.05) is 0 Å². The average Bonchev–Trinajstić information content (AvgIpc) is 2.67. The first kappa shape index (κ1) is 20.8. The highest BCUT2D eigenvalue weighted by Crippen LogP contribution is 2.32. The summed E-state index contributed by atoms with van der Waals surface area (Å²) < 4.78 is 52.8. The van der Waals surface area contributed by atoms with Crippen LogP contribution in [0.4, 0.5) is 29.3 Å². The van der Waals surface area contributed by atoms with Crippen LogP contribution in [0.15, 0.2) is 24.4 Å². The van der Waals surface area contributed by atoms with Crippen molar-refractivity contribution < 1.29 is 22.7 Å². The van der Waals surface area contributed by atoms with Crippen LogP contribution in [0.5, 0.6) is 0 Å². The van der Waals surface area contributed by atoms with Crippen molar-refractivity contribution >= 4 is 11.8 Å². The van der Waals surface area contributed by atoms with E-state index in [2.05, 4.69) is 20.6 Å². The van der Waals surface area contributed by atoms with E-state index in [1.807, 2.05) is 6.07 Å². The van der Waals surface area contributed by atoms with Gasteiger partial charge in [0, 0.05) is 12.6 Å². The van der Waals surface area contributed by atoms with Gasteiger partial charge in [-0.3, -0.25) is 0 Å². The zero-order chi connectivity index (χ0) is 21.0. The summed E-state index contributed by atoms with van der Waals surface area (Å²) in [6.45, 7) is -0.340. The number of nitrogens with one attached hydrogen (secondary N) is 2. The molecule has 1 aliphatic carbocycles. The number of benzene rings is 1. The van der Waals surface area contributed by atoms with Gasteiger partial charge in [0.05, 0.1) is 17.9 Å². The van der Waals surface area contributed by atoms with Gasteiger partial charge in [0.25, 0.3) is 0 Å². The van der Waals surface area contributed by atoms with Crippen molar-refractivity contribution in [2.45, 2.75) is 50.6 Å². The molecule has 1 fully saturated rings. The van der Waals surface area contributed by atoms with Gasteiger partial charge in [0.1, 0.15) is 23.3 Å². The number of hydrogen-bond acceptors (Lipinski definition) is 6. The van der Waals surface area contributed by atoms with Gasteiger partial charge in [-0.05, 0) is 49.4 Å². The molecular weight excluding hydrogens is 390 g/mol. The first-order chi connectivity index (χ1) is 13.8. The molecule has 0 amide bonds. The number of anilines is 2. The van der Waals surface area contributed by atoms with E-state index in [0.29, 0.717) is 31.7 Å². The number of halogens is 4. The Bertz CT molecular complexity index is 904. The lowest BCUT2D eigenvalue weighted by Gasteiger charge is -2.26. The number of alkyl halides is 3. The molecule has 0 radical (unpaired) electrons. The predicted molar refractivity (Wildman–Crippen MR) is 97.4 cm³/mol. The van der Waals surface area contributed by atoms with Crippen LogP contribution in [0.1, 0.15) is 42.4 Å². The Labute approximate surface area is 164 Å². The fourth-order valence-corrected chi connectivity index (χ4v) is 3.23. The lowest BCUT2D eigenvalue weighted by atomic mass is 9.93. The summed E-state index contributed by atoms with van der Waals surface area (Å²) >= 11 is 0. The zero-order valence-electron chi connectivity index (χ0n) is 15.3. The molecule has 0 atom stereocenters. The number of hydrogen-bond donors (Lipinski definition) is 3. The Hall–Kier alpha value is -2.93. The maximum Gasteiger partial charge on any atom is 0.416 e. The van der Waals surface area contributed by atoms with Crippen LogP contribution in [0.2, 0.25) is 0 Å². The van der Waals surface area contributed by atoms with Crippen LogP contribution in [-0.4, -0.2) is 27.2 Å². The molecule has 0 saturated heterocycles. The van der Waals surface area contributed by atoms with Gasteiger partial charge in [0.15, 0.2) is 0 Å². The molecule has 3 N–H and O–H groups in total. The van der Waals surface area contributed by atoms with E-state index in [9.17, 15) is 27.9 Å². The van der Waals surface area contributed by atoms with E-state index in [0.717, 1.165) is 12.1 Å². The highest BCUT2D eigenvalue weighted by atomic mass is 19.4. The Morgan fingerprint density at radius 2 is 1.93 bits per heavy atom. The molecule has 0 bridgehead atoms. The number of nitrogens with zero attached hydrogens (tertiary/aromatic N) is 3. The van der Waals surface area contributed by atoms with Crippen molar-refractivity contribution in [3.05, 3.63) is 46.9 Å². The van der Waals surface area contributed by atoms with E-state index in [-0.39, 0.29) is 41.6 Å². The van der Waals surface area contributed by atoms with Gasteiger partial charge in [0.2, 0.25) is 5.95 Å². The summed E-state index contributed by atoms with van der Waals surface area (Å²) in [7, 11) is 0. The quantitative estimate of drug-likeness (QED) is 0.650. The zero-order valence-corrected chi connectivity index (χ0v) is 15.3. The number of nitriles is 1. The summed E-state index contributed by atoms with van der Waals surface area (Å²) in [5.41, 5.74) is -1.02. The second-order valence-corrected chi connectivity index (χ2v) is 6.87. The molecule has 1 aliphatic rings. The fourth-order valence-electron chi connectivity index (χ4n) is 3.23. The van der Waals surface area contributed by atoms with Gasteiger partial charge < -0.3 is 15.7 Å². The Balaban J connectivity index is 1.76. The minimum absolute atomic E-state index is 0.0136. The van der Waals surface area contributed by atoms with Gasteiger partial charge in [-0.25, -0.2) is 9.37 Å². The lowest BCUT2D eigenvalue weighted by Crippen LogP contribution is -2.29. The second kappa shape index (κ2) is 8.61. The molecular formula is C19H19F4N5O. The smallest absolute Gasteiger partial charge is 0.393 e. The van der Waals surface area contributed by atoms with E-state index in [1.165, 1.54) is 6.20 Å². The summed E-state index contributed by atoms with van der Waals surface area (Å²) in [5.74, 6) is -0.501. The fraction of sp³-hybridized carbons (Fsp3) is 0.421. The minimum atomic E-state index is -4.62. The van der Waals surface area contributed by atoms with Crippen LogP contribution >= 0.6 is 0 Å². The third-order valence-corrected chi connectivity index (χ3v) is 4.76. The molecule has 0 unspecified atom stereocenters. The lowest BCUT2D eigenvalue weighted by molar-refractivity contribution is -0.138. The van der Waals surface area contributed by atoms with Crippen molar-refractivity contribution in [3.63, 3.8) is 0 Å². The molecule has 1 saturated carbocycles. The molecule has 2 aromatic rings. The Morgan fingerprint density at radius 1 is 1.21 bits per heavy atom. The SMILES string of the molecule is N#Cc1cnc(NCc2cc(F)ccc2C(F)(F)F)nc1NC1CCC(O)CC1. The van der Waals surface area contributed by atoms with Gasteiger partial charge >= 0.3 is 6.18 Å². The van der Waals surface area contributed by atoms with Crippen molar-refractivity contribution in [2.24, 2.45) is 0 Å². The molecule has 1 aromatic heterocycles. The first-order valence-electron chi connectivity index (χ1n) is 9.07. The molecule has 154 valence electrons. The van der Waals surface area contributed by atoms with Crippen molar-refractivity contribution in [1.82, 2.24) is 9.97 Å². The molecule has 10 heteroatoms. The molecule has 6 nitrogen and oxygen atoms in total. The summed E-state index contributed by atoms with van der Waals surface area (Å²) in [6.07, 6.45) is -1.00. The Morgan fingerprint density at radius 3 is 2.59 bits per heavy atom. The average molecular weight is 409 g/mol. The second-order valence-electron chi connectivity index (χ2n) is 6.87. The molecule has 0 aliphatic heterocycles. The van der Waals surface area contributed by atoms with Crippen LogP contribution in [-0.2, 0) is 12.7 Å². The first-order valence-corrected chi connectivity index (χ1v) is 9.07. The third kappa shape index (κ3) is 5.32. The van der Waals surface area contributed by atoms with Crippen molar-refractivity contribution in [3.8, 4) is 6.07 Å². The van der Waals surface area contributed by atoms with Crippen LogP contribution in [0.25, 0.3) is 0 Å². The monoisotopic (exact) mass is 409 g/mol. The molecule has 3 rings (SSSR count). The van der Waals surface area contributed by atoms with E-state index >= 15 is 0 Å². The normalized spacial score (nSPS) is 19.4. The third-order valence-electron chi connectivity index (χ3n) is 4.76. The van der Waals surface area contributed by atoms with E-state index in [4.69, 9.17) is 0 Å². The van der Waals surface area contributed by atoms with E-state index < -0.39 is 17.6 Å². The van der Waals surface area contributed by atoms with Crippen molar-refractivity contribution in [1.29, 1.82) is 5.26 Å². The van der Waals surface area contributed by atoms with Crippen molar-refractivity contribution in [2.75, 3.05) is 10.6 Å². The van der Waals surface area contributed by atoms with Gasteiger partial charge in [-0.2, -0.15) is 23.4 Å². The van der Waals surface area contributed by atoms with Crippen LogP contribution < -0.4 is 10.6 Å². The number of aliphatic hydroxyl groups excluding tert-OH is 1. The van der Waals surface area contributed by atoms with Gasteiger partial charge in [-0.15, -0.1) is 0 Å². The topological polar surface area (TPSA) is 93.9 Å². The summed E-state index contributed by atoms with van der Waals surface area (Å²) in [4.78, 5) is 8.14. The highest BCUT2D eigenvalue weighted by molar-refractivity contribution is 5.54. The molecule has 1 aromatic carbocycles. The van der Waals surface area contributed by atoms with Crippen LogP contribution in [0.3, 0.4) is 0 Å². The maximum absolute atomic E-state index is 13.4. The summed E-state index contributed by atoms with van der Waals surface area (Å²) in [6, 6.07) is 4.25. The summed E-state index contributed by atoms with van der Waals surface area (Å²) in [5, 5.41) is 24.6. The largest absolute Gasteiger partial charge is 0.416 e. The standard InChI is InChI=1S/C19H19F4N5O/c20-13-1-6-16(19(21,22)23)11(7-13)9-25-18-26-10-12(8-24)17(28-18)27-14-2-4-15(29)5-3-14/h1,6-7,10,14-15,29H,2-5,9H2,(H2,25,26,27,28). The molecule has 29 heavy (non-hydrogen) atoms.